The molecule has 0 saturated carbocycles. The van der Waals surface area contributed by atoms with Crippen LogP contribution < -0.4 is 0 Å². The van der Waals surface area contributed by atoms with Crippen LogP contribution in [0.3, 0.4) is 0 Å². The fraction of sp³-hybridized carbons (Fsp3) is 0.600. The Hall–Kier alpha value is -0.680. The van der Waals surface area contributed by atoms with Crippen LogP contribution in [0.25, 0.3) is 0 Å². The van der Waals surface area contributed by atoms with Gasteiger partial charge in [-0.25, -0.2) is 0 Å². The van der Waals surface area contributed by atoms with Gasteiger partial charge in [-0.3, -0.25) is 0 Å². The van der Waals surface area contributed by atoms with Crippen molar-refractivity contribution in [2.75, 3.05) is 0 Å². The van der Waals surface area contributed by atoms with Gasteiger partial charge >= 0.3 is 8.25 Å². The van der Waals surface area contributed by atoms with Crippen molar-refractivity contribution in [2.45, 2.75) is 32.8 Å². The molecule has 0 spiro atoms. The van der Waals surface area contributed by atoms with Gasteiger partial charge in [-0.05, 0) is 20.8 Å². The first-order chi connectivity index (χ1) is 6.29. The van der Waals surface area contributed by atoms with Gasteiger partial charge in [0.05, 0.1) is 5.41 Å². The zero-order valence-electron chi connectivity index (χ0n) is 8.78. The molecule has 0 aromatic carbocycles. The molecule has 14 heavy (non-hydrogen) atoms. The maximum absolute atomic E-state index is 10.7. The minimum absolute atomic E-state index is 0.422. The molecule has 0 saturated heterocycles. The van der Waals surface area contributed by atoms with Gasteiger partial charge in [0.2, 0.25) is 0 Å². The highest BCUT2D eigenvalue weighted by Gasteiger charge is 2.47. The molecular weight excluding hydrogens is 199 g/mol. The lowest BCUT2D eigenvalue weighted by Gasteiger charge is -2.34. The molecular formula is C10H16O3P+. The second kappa shape index (κ2) is 4.70. The van der Waals surface area contributed by atoms with Crippen molar-refractivity contribution in [1.29, 1.82) is 0 Å². The quantitative estimate of drug-likeness (QED) is 0.435. The fourth-order valence-corrected chi connectivity index (χ4v) is 1.65. The summed E-state index contributed by atoms with van der Waals surface area (Å²) < 4.78 is 15.7. The summed E-state index contributed by atoms with van der Waals surface area (Å²) in [7, 11) is -2.66. The molecule has 78 valence electrons. The van der Waals surface area contributed by atoms with E-state index in [1.807, 2.05) is 0 Å². The topological polar surface area (TPSA) is 46.5 Å². The highest BCUT2D eigenvalue weighted by atomic mass is 31.1. The molecule has 4 heteroatoms. The summed E-state index contributed by atoms with van der Waals surface area (Å²) in [6.07, 6.45) is 7.40. The molecule has 2 atom stereocenters. The average Bonchev–Trinajstić information content (AvgIpc) is 2.03. The minimum Gasteiger partial charge on any atom is -0.133 e. The van der Waals surface area contributed by atoms with Crippen molar-refractivity contribution in [2.24, 2.45) is 5.41 Å². The summed E-state index contributed by atoms with van der Waals surface area (Å²) in [6.45, 7) is 8.86. The van der Waals surface area contributed by atoms with Crippen LogP contribution in [0.15, 0.2) is 12.7 Å². The Morgan fingerprint density at radius 2 is 2.14 bits per heavy atom. The Morgan fingerprint density at radius 1 is 1.64 bits per heavy atom. The SMILES string of the molecule is C#CC(C)(C)C(C)(CC=C)O[P+](=O)O. The van der Waals surface area contributed by atoms with Gasteiger partial charge in [0.25, 0.3) is 0 Å². The summed E-state index contributed by atoms with van der Waals surface area (Å²) in [4.78, 5) is 8.76. The maximum atomic E-state index is 10.7. The molecule has 0 aliphatic heterocycles. The van der Waals surface area contributed by atoms with Crippen LogP contribution in [0.5, 0.6) is 0 Å². The van der Waals surface area contributed by atoms with Gasteiger partial charge in [-0.2, -0.15) is 0 Å². The third kappa shape index (κ3) is 2.92. The largest absolute Gasteiger partial charge is 0.695 e. The summed E-state index contributed by atoms with van der Waals surface area (Å²) in [6, 6.07) is 0. The molecule has 0 radical (unpaired) electrons. The van der Waals surface area contributed by atoms with Crippen molar-refractivity contribution in [3.8, 4) is 12.3 Å². The van der Waals surface area contributed by atoms with E-state index in [1.54, 1.807) is 26.8 Å². The highest BCUT2D eigenvalue weighted by molar-refractivity contribution is 7.32. The van der Waals surface area contributed by atoms with E-state index in [2.05, 4.69) is 12.5 Å². The van der Waals surface area contributed by atoms with Gasteiger partial charge in [0.1, 0.15) is 5.60 Å². The van der Waals surface area contributed by atoms with Crippen LogP contribution in [0.2, 0.25) is 0 Å². The van der Waals surface area contributed by atoms with Crippen molar-refractivity contribution in [3.05, 3.63) is 12.7 Å². The minimum atomic E-state index is -2.66. The van der Waals surface area contributed by atoms with E-state index in [9.17, 15) is 4.57 Å². The molecule has 0 aromatic heterocycles. The monoisotopic (exact) mass is 215 g/mol. The van der Waals surface area contributed by atoms with E-state index in [-0.39, 0.29) is 0 Å². The van der Waals surface area contributed by atoms with Crippen molar-refractivity contribution < 1.29 is 14.0 Å². The van der Waals surface area contributed by atoms with Crippen LogP contribution in [0.1, 0.15) is 27.2 Å². The van der Waals surface area contributed by atoms with Gasteiger partial charge < -0.3 is 0 Å². The average molecular weight is 215 g/mol. The molecule has 0 amide bonds. The summed E-state index contributed by atoms with van der Waals surface area (Å²) in [5, 5.41) is 0. The van der Waals surface area contributed by atoms with E-state index >= 15 is 0 Å². The molecule has 0 aromatic rings. The molecule has 0 bridgehead atoms. The van der Waals surface area contributed by atoms with Crippen LogP contribution in [-0.4, -0.2) is 10.5 Å². The predicted molar refractivity (Wildman–Crippen MR) is 56.7 cm³/mol. The van der Waals surface area contributed by atoms with Gasteiger partial charge in [-0.1, -0.05) is 12.0 Å². The first-order valence-corrected chi connectivity index (χ1v) is 5.36. The van der Waals surface area contributed by atoms with Crippen LogP contribution in [0, 0.1) is 17.8 Å². The molecule has 0 heterocycles. The maximum Gasteiger partial charge on any atom is 0.695 e. The van der Waals surface area contributed by atoms with Crippen LogP contribution >= 0.6 is 8.25 Å². The molecule has 0 aliphatic rings. The Labute approximate surface area is 86.1 Å². The molecule has 2 unspecified atom stereocenters. The molecule has 0 rings (SSSR count). The third-order valence-corrected chi connectivity index (χ3v) is 3.06. The molecule has 0 fully saturated rings. The summed E-state index contributed by atoms with van der Waals surface area (Å²) in [5.41, 5.74) is -1.50. The highest BCUT2D eigenvalue weighted by Crippen LogP contribution is 2.42. The lowest BCUT2D eigenvalue weighted by Crippen LogP contribution is -2.41. The van der Waals surface area contributed by atoms with Crippen molar-refractivity contribution in [3.63, 3.8) is 0 Å². The molecule has 0 aliphatic carbocycles. The van der Waals surface area contributed by atoms with E-state index < -0.39 is 19.3 Å². The zero-order valence-corrected chi connectivity index (χ0v) is 9.67. The normalized spacial score (nSPS) is 16.6. The Kier molecular flexibility index (Phi) is 4.48. The standard InChI is InChI=1S/C10H15O3P/c1-6-8-10(5,13-14(11)12)9(3,4)7-2/h2,6H,1,8H2,3-5H3/p+1. The van der Waals surface area contributed by atoms with E-state index in [0.29, 0.717) is 6.42 Å². The predicted octanol–water partition coefficient (Wildman–Crippen LogP) is 2.65. The Morgan fingerprint density at radius 3 is 2.43 bits per heavy atom. The summed E-state index contributed by atoms with van der Waals surface area (Å²) in [5.74, 6) is 2.56. The molecule has 1 N–H and O–H groups in total. The second-order valence-corrected chi connectivity index (χ2v) is 4.48. The third-order valence-electron chi connectivity index (χ3n) is 2.50. The van der Waals surface area contributed by atoms with Gasteiger partial charge in [0.15, 0.2) is 0 Å². The van der Waals surface area contributed by atoms with E-state index in [0.717, 1.165) is 0 Å². The van der Waals surface area contributed by atoms with Crippen molar-refractivity contribution >= 4 is 8.25 Å². The van der Waals surface area contributed by atoms with Gasteiger partial charge in [-0.15, -0.1) is 22.4 Å². The van der Waals surface area contributed by atoms with Crippen molar-refractivity contribution in [1.82, 2.24) is 0 Å². The number of rotatable bonds is 5. The zero-order chi connectivity index (χ0) is 11.4. The number of terminal acetylenes is 1. The Balaban J connectivity index is 4.99. The number of hydrogen-bond acceptors (Lipinski definition) is 2. The molecule has 3 nitrogen and oxygen atoms in total. The van der Waals surface area contributed by atoms with E-state index in [1.165, 1.54) is 0 Å². The first-order valence-electron chi connectivity index (χ1n) is 4.23. The van der Waals surface area contributed by atoms with Gasteiger partial charge in [0, 0.05) is 11.0 Å². The van der Waals surface area contributed by atoms with E-state index in [4.69, 9.17) is 15.8 Å². The second-order valence-electron chi connectivity index (χ2n) is 3.82. The number of hydrogen-bond donors (Lipinski definition) is 1. The van der Waals surface area contributed by atoms with Crippen LogP contribution in [-0.2, 0) is 9.09 Å². The lowest BCUT2D eigenvalue weighted by atomic mass is 9.75. The summed E-state index contributed by atoms with van der Waals surface area (Å²) >= 11 is 0. The fourth-order valence-electron chi connectivity index (χ4n) is 1.01. The van der Waals surface area contributed by atoms with Crippen LogP contribution in [0.4, 0.5) is 0 Å². The Bertz CT molecular complexity index is 278. The lowest BCUT2D eigenvalue weighted by molar-refractivity contribution is 0.00637. The first kappa shape index (κ1) is 13.3. The smallest absolute Gasteiger partial charge is 0.133 e.